The molecule has 0 amide bonds. The number of nitrogens with two attached hydrogens (primary N) is 1. The Bertz CT molecular complexity index is 864. The second kappa shape index (κ2) is 7.04. The first-order valence-corrected chi connectivity index (χ1v) is 8.98. The third-order valence-corrected chi connectivity index (χ3v) is 4.73. The highest BCUT2D eigenvalue weighted by Gasteiger charge is 2.37. The molecular formula is C17H20F3N7O. The fourth-order valence-electron chi connectivity index (χ4n) is 3.31. The number of halogens is 3. The molecule has 2 aliphatic rings. The number of hydrogen-bond acceptors (Lipinski definition) is 8. The molecule has 4 rings (SSSR count). The Balaban J connectivity index is 1.81. The molecule has 0 bridgehead atoms. The highest BCUT2D eigenvalue weighted by molar-refractivity contribution is 5.68. The Hall–Kier alpha value is -2.69. The van der Waals surface area contributed by atoms with E-state index in [1.54, 1.807) is 6.07 Å². The summed E-state index contributed by atoms with van der Waals surface area (Å²) in [6, 6.07) is 1.56. The predicted molar refractivity (Wildman–Crippen MR) is 96.9 cm³/mol. The van der Waals surface area contributed by atoms with Gasteiger partial charge in [0.1, 0.15) is 5.82 Å². The van der Waals surface area contributed by atoms with Gasteiger partial charge in [-0.05, 0) is 5.92 Å². The number of rotatable bonds is 3. The fourth-order valence-corrected chi connectivity index (χ4v) is 3.31. The molecule has 2 fully saturated rings. The zero-order chi connectivity index (χ0) is 19.9. The number of nitrogens with zero attached hydrogens (tertiary/aromatic N) is 6. The van der Waals surface area contributed by atoms with E-state index in [-0.39, 0.29) is 11.3 Å². The Morgan fingerprint density at radius 1 is 1.11 bits per heavy atom. The van der Waals surface area contributed by atoms with Crippen LogP contribution in [0.2, 0.25) is 0 Å². The lowest BCUT2D eigenvalue weighted by Crippen LogP contribution is -2.46. The van der Waals surface area contributed by atoms with Gasteiger partial charge in [-0.1, -0.05) is 6.92 Å². The Morgan fingerprint density at radius 3 is 2.46 bits per heavy atom. The van der Waals surface area contributed by atoms with Crippen LogP contribution in [0.4, 0.5) is 30.9 Å². The first-order valence-electron chi connectivity index (χ1n) is 8.98. The molecule has 2 saturated heterocycles. The molecule has 2 aromatic heterocycles. The highest BCUT2D eigenvalue weighted by Crippen LogP contribution is 2.37. The molecule has 0 spiro atoms. The summed E-state index contributed by atoms with van der Waals surface area (Å²) in [5.41, 5.74) is 4.19. The minimum absolute atomic E-state index is 0.123. The van der Waals surface area contributed by atoms with Crippen molar-refractivity contribution in [1.29, 1.82) is 0 Å². The minimum atomic E-state index is -4.68. The zero-order valence-corrected chi connectivity index (χ0v) is 15.3. The SMILES string of the molecule is CC1CN(c2cc(-c3cnc(N)nc3C(F)(F)F)nc(N3CCOCC3)n2)C1. The molecule has 2 aromatic rings. The normalized spacial score (nSPS) is 18.3. The lowest BCUT2D eigenvalue weighted by molar-refractivity contribution is -0.140. The molecule has 2 N–H and O–H groups in total. The topological polar surface area (TPSA) is 93.3 Å². The summed E-state index contributed by atoms with van der Waals surface area (Å²) < 4.78 is 45.9. The maximum Gasteiger partial charge on any atom is 0.434 e. The Labute approximate surface area is 159 Å². The number of morpholine rings is 1. The van der Waals surface area contributed by atoms with Gasteiger partial charge in [-0.3, -0.25) is 0 Å². The standard InChI is InChI=1S/C17H20F3N7O/c1-10-8-27(9-10)13-6-12(23-16(24-13)26-2-4-28-5-3-26)11-7-22-15(21)25-14(11)17(18,19)20/h6-7,10H,2-5,8-9H2,1H3,(H2,21,22,25). The molecule has 2 aliphatic heterocycles. The molecule has 0 atom stereocenters. The van der Waals surface area contributed by atoms with Crippen LogP contribution in [0, 0.1) is 5.92 Å². The van der Waals surface area contributed by atoms with Gasteiger partial charge in [0.2, 0.25) is 11.9 Å². The lowest BCUT2D eigenvalue weighted by Gasteiger charge is -2.39. The van der Waals surface area contributed by atoms with Gasteiger partial charge in [0, 0.05) is 44.0 Å². The van der Waals surface area contributed by atoms with Crippen LogP contribution in [-0.4, -0.2) is 59.3 Å². The Morgan fingerprint density at radius 2 is 1.82 bits per heavy atom. The van der Waals surface area contributed by atoms with Crippen molar-refractivity contribution in [3.8, 4) is 11.3 Å². The monoisotopic (exact) mass is 395 g/mol. The molecule has 0 aromatic carbocycles. The van der Waals surface area contributed by atoms with Crippen LogP contribution in [0.1, 0.15) is 12.6 Å². The van der Waals surface area contributed by atoms with E-state index in [1.165, 1.54) is 0 Å². The average Bonchev–Trinajstić information content (AvgIpc) is 2.65. The molecular weight excluding hydrogens is 375 g/mol. The van der Waals surface area contributed by atoms with Gasteiger partial charge in [-0.2, -0.15) is 18.2 Å². The number of ether oxygens (including phenoxy) is 1. The number of nitrogen functional groups attached to an aromatic ring is 1. The van der Waals surface area contributed by atoms with Crippen molar-refractivity contribution in [2.75, 3.05) is 54.9 Å². The third-order valence-electron chi connectivity index (χ3n) is 4.73. The first-order chi connectivity index (χ1) is 13.3. The van der Waals surface area contributed by atoms with E-state index in [9.17, 15) is 13.2 Å². The summed E-state index contributed by atoms with van der Waals surface area (Å²) >= 11 is 0. The number of hydrogen-bond donors (Lipinski definition) is 1. The summed E-state index contributed by atoms with van der Waals surface area (Å²) in [6.45, 7) is 5.88. The quantitative estimate of drug-likeness (QED) is 0.841. The maximum atomic E-state index is 13.5. The predicted octanol–water partition coefficient (Wildman–Crippen LogP) is 1.83. The fraction of sp³-hybridized carbons (Fsp3) is 0.529. The summed E-state index contributed by atoms with van der Waals surface area (Å²) in [5.74, 6) is 1.04. The lowest BCUT2D eigenvalue weighted by atomic mass is 10.0. The van der Waals surface area contributed by atoms with Crippen molar-refractivity contribution < 1.29 is 17.9 Å². The molecule has 8 nitrogen and oxygen atoms in total. The zero-order valence-electron chi connectivity index (χ0n) is 15.3. The van der Waals surface area contributed by atoms with Crippen molar-refractivity contribution >= 4 is 17.7 Å². The van der Waals surface area contributed by atoms with Crippen LogP contribution in [0.3, 0.4) is 0 Å². The maximum absolute atomic E-state index is 13.5. The van der Waals surface area contributed by atoms with Gasteiger partial charge in [0.25, 0.3) is 0 Å². The smallest absolute Gasteiger partial charge is 0.378 e. The van der Waals surface area contributed by atoms with Gasteiger partial charge in [0.15, 0.2) is 5.69 Å². The van der Waals surface area contributed by atoms with Crippen LogP contribution in [0.5, 0.6) is 0 Å². The van der Waals surface area contributed by atoms with E-state index in [1.807, 2.05) is 9.80 Å². The van der Waals surface area contributed by atoms with Crippen LogP contribution in [-0.2, 0) is 10.9 Å². The van der Waals surface area contributed by atoms with Crippen molar-refractivity contribution in [1.82, 2.24) is 19.9 Å². The van der Waals surface area contributed by atoms with Gasteiger partial charge >= 0.3 is 6.18 Å². The van der Waals surface area contributed by atoms with E-state index < -0.39 is 17.8 Å². The second-order valence-corrected chi connectivity index (χ2v) is 7.01. The largest absolute Gasteiger partial charge is 0.434 e. The summed E-state index contributed by atoms with van der Waals surface area (Å²) in [7, 11) is 0. The highest BCUT2D eigenvalue weighted by atomic mass is 19.4. The second-order valence-electron chi connectivity index (χ2n) is 7.01. The van der Waals surface area contributed by atoms with Gasteiger partial charge in [-0.25, -0.2) is 15.0 Å². The van der Waals surface area contributed by atoms with Crippen molar-refractivity contribution in [3.63, 3.8) is 0 Å². The van der Waals surface area contributed by atoms with Gasteiger partial charge < -0.3 is 20.3 Å². The van der Waals surface area contributed by atoms with Crippen molar-refractivity contribution in [2.45, 2.75) is 13.1 Å². The van der Waals surface area contributed by atoms with Crippen molar-refractivity contribution in [3.05, 3.63) is 18.0 Å². The van der Waals surface area contributed by atoms with Crippen LogP contribution >= 0.6 is 0 Å². The van der Waals surface area contributed by atoms with E-state index in [2.05, 4.69) is 26.9 Å². The van der Waals surface area contributed by atoms with E-state index in [0.717, 1.165) is 19.3 Å². The molecule has 4 heterocycles. The van der Waals surface area contributed by atoms with E-state index in [4.69, 9.17) is 10.5 Å². The van der Waals surface area contributed by atoms with E-state index >= 15 is 0 Å². The number of anilines is 3. The Kier molecular flexibility index (Phi) is 4.69. The summed E-state index contributed by atoms with van der Waals surface area (Å²) in [5, 5.41) is 0. The van der Waals surface area contributed by atoms with Gasteiger partial charge in [-0.15, -0.1) is 0 Å². The first kappa shape index (κ1) is 18.7. The summed E-state index contributed by atoms with van der Waals surface area (Å²) in [4.78, 5) is 20.1. The molecule has 150 valence electrons. The van der Waals surface area contributed by atoms with Gasteiger partial charge in [0.05, 0.1) is 18.9 Å². The van der Waals surface area contributed by atoms with Crippen molar-refractivity contribution in [2.24, 2.45) is 5.92 Å². The van der Waals surface area contributed by atoms with Crippen LogP contribution < -0.4 is 15.5 Å². The van der Waals surface area contributed by atoms with Crippen LogP contribution in [0.25, 0.3) is 11.3 Å². The molecule has 0 unspecified atom stereocenters. The number of aromatic nitrogens is 4. The molecule has 0 aliphatic carbocycles. The molecule has 11 heteroatoms. The molecule has 28 heavy (non-hydrogen) atoms. The molecule has 0 saturated carbocycles. The third kappa shape index (κ3) is 3.66. The summed E-state index contributed by atoms with van der Waals surface area (Å²) in [6.07, 6.45) is -3.61. The van der Waals surface area contributed by atoms with E-state index in [0.29, 0.717) is 44.0 Å². The number of alkyl halides is 3. The minimum Gasteiger partial charge on any atom is -0.378 e. The van der Waals surface area contributed by atoms with Crippen LogP contribution in [0.15, 0.2) is 12.3 Å². The molecule has 0 radical (unpaired) electrons. The average molecular weight is 395 g/mol.